The first-order valence-electron chi connectivity index (χ1n) is 9.28. The van der Waals surface area contributed by atoms with Gasteiger partial charge in [-0.1, -0.05) is 29.5 Å². The summed E-state index contributed by atoms with van der Waals surface area (Å²) in [5.74, 6) is 0.112. The van der Waals surface area contributed by atoms with Crippen LogP contribution in [0.1, 0.15) is 12.8 Å². The number of anilines is 1. The van der Waals surface area contributed by atoms with Gasteiger partial charge in [0.05, 0.1) is 28.1 Å². The summed E-state index contributed by atoms with van der Waals surface area (Å²) in [6, 6.07) is 13.9. The zero-order valence-electron chi connectivity index (χ0n) is 15.9. The summed E-state index contributed by atoms with van der Waals surface area (Å²) in [5.41, 5.74) is 0.781. The van der Waals surface area contributed by atoms with Crippen molar-refractivity contribution in [3.8, 4) is 5.75 Å². The Balaban J connectivity index is 1.48. The van der Waals surface area contributed by atoms with Gasteiger partial charge in [0.2, 0.25) is 15.9 Å². The molecule has 7 nitrogen and oxygen atoms in total. The molecular weight excluding hydrogens is 410 g/mol. The summed E-state index contributed by atoms with van der Waals surface area (Å²) in [6.45, 7) is 0.587. The van der Waals surface area contributed by atoms with Crippen molar-refractivity contribution in [2.75, 3.05) is 25.5 Å². The third kappa shape index (κ3) is 4.12. The molecule has 152 valence electrons. The average molecular weight is 432 g/mol. The van der Waals surface area contributed by atoms with Crippen LogP contribution in [0.4, 0.5) is 5.13 Å². The Morgan fingerprint density at radius 3 is 2.79 bits per heavy atom. The number of sulfonamides is 1. The third-order valence-corrected chi connectivity index (χ3v) is 7.77. The van der Waals surface area contributed by atoms with Crippen molar-refractivity contribution >= 4 is 42.6 Å². The Morgan fingerprint density at radius 1 is 1.24 bits per heavy atom. The maximum atomic E-state index is 12.9. The van der Waals surface area contributed by atoms with Gasteiger partial charge in [-0.15, -0.1) is 0 Å². The zero-order valence-corrected chi connectivity index (χ0v) is 17.5. The van der Waals surface area contributed by atoms with E-state index in [4.69, 9.17) is 4.74 Å². The van der Waals surface area contributed by atoms with Crippen molar-refractivity contribution < 1.29 is 17.9 Å². The fourth-order valence-electron chi connectivity index (χ4n) is 3.41. The van der Waals surface area contributed by atoms with Crippen LogP contribution < -0.4 is 10.1 Å². The van der Waals surface area contributed by atoms with E-state index in [-0.39, 0.29) is 17.3 Å². The summed E-state index contributed by atoms with van der Waals surface area (Å²) >= 11 is 1.37. The first-order chi connectivity index (χ1) is 14.0. The van der Waals surface area contributed by atoms with Crippen LogP contribution in [0.15, 0.2) is 53.4 Å². The molecule has 0 bridgehead atoms. The van der Waals surface area contributed by atoms with Gasteiger partial charge in [0.1, 0.15) is 5.75 Å². The minimum atomic E-state index is -3.60. The lowest BCUT2D eigenvalue weighted by molar-refractivity contribution is -0.120. The molecule has 1 saturated heterocycles. The van der Waals surface area contributed by atoms with E-state index in [1.165, 1.54) is 15.6 Å². The number of nitrogens with one attached hydrogen (secondary N) is 1. The summed E-state index contributed by atoms with van der Waals surface area (Å²) in [4.78, 5) is 17.5. The van der Waals surface area contributed by atoms with E-state index in [0.717, 1.165) is 16.0 Å². The number of benzene rings is 2. The van der Waals surface area contributed by atoms with Gasteiger partial charge in [-0.2, -0.15) is 4.31 Å². The van der Waals surface area contributed by atoms with Gasteiger partial charge in [-0.25, -0.2) is 13.4 Å². The SMILES string of the molecule is COc1ccc2nc(NC(=O)[C@H]3CCCN(S(=O)(=O)c4ccccc4)C3)sc2c1. The van der Waals surface area contributed by atoms with Gasteiger partial charge in [0.25, 0.3) is 0 Å². The van der Waals surface area contributed by atoms with Crippen LogP contribution in [0.2, 0.25) is 0 Å². The molecule has 9 heteroatoms. The predicted molar refractivity (Wildman–Crippen MR) is 113 cm³/mol. The number of aromatic nitrogens is 1. The van der Waals surface area contributed by atoms with Crippen LogP contribution in [0, 0.1) is 5.92 Å². The smallest absolute Gasteiger partial charge is 0.243 e. The van der Waals surface area contributed by atoms with E-state index in [0.29, 0.717) is 24.5 Å². The maximum absolute atomic E-state index is 12.9. The number of thiazole rings is 1. The molecule has 1 fully saturated rings. The largest absolute Gasteiger partial charge is 0.497 e. The van der Waals surface area contributed by atoms with Gasteiger partial charge < -0.3 is 10.1 Å². The Kier molecular flexibility index (Phi) is 5.53. The van der Waals surface area contributed by atoms with Crippen molar-refractivity contribution in [2.45, 2.75) is 17.7 Å². The number of rotatable bonds is 5. The normalized spacial score (nSPS) is 17.9. The molecular formula is C20H21N3O4S2. The van der Waals surface area contributed by atoms with Crippen molar-refractivity contribution in [2.24, 2.45) is 5.92 Å². The number of ether oxygens (including phenoxy) is 1. The van der Waals surface area contributed by atoms with Crippen LogP contribution >= 0.6 is 11.3 Å². The second kappa shape index (κ2) is 8.10. The van der Waals surface area contributed by atoms with E-state index in [1.807, 2.05) is 18.2 Å². The molecule has 0 saturated carbocycles. The predicted octanol–water partition coefficient (Wildman–Crippen LogP) is 3.34. The van der Waals surface area contributed by atoms with E-state index in [9.17, 15) is 13.2 Å². The van der Waals surface area contributed by atoms with Crippen molar-refractivity contribution in [1.82, 2.24) is 9.29 Å². The lowest BCUT2D eigenvalue weighted by Gasteiger charge is -2.31. The van der Waals surface area contributed by atoms with Crippen LogP contribution in [0.3, 0.4) is 0 Å². The molecule has 4 rings (SSSR count). The Hall–Kier alpha value is -2.49. The zero-order chi connectivity index (χ0) is 20.4. The van der Waals surface area contributed by atoms with Gasteiger partial charge in [-0.3, -0.25) is 4.79 Å². The molecule has 3 aromatic rings. The lowest BCUT2D eigenvalue weighted by atomic mass is 9.99. The molecule has 1 aliphatic heterocycles. The summed E-state index contributed by atoms with van der Waals surface area (Å²) in [5, 5.41) is 3.36. The highest BCUT2D eigenvalue weighted by Crippen LogP contribution is 2.30. The number of nitrogens with zero attached hydrogens (tertiary/aromatic N) is 2. The van der Waals surface area contributed by atoms with E-state index >= 15 is 0 Å². The van der Waals surface area contributed by atoms with Crippen LogP contribution in [0.5, 0.6) is 5.75 Å². The number of methoxy groups -OCH3 is 1. The molecule has 0 radical (unpaired) electrons. The number of amides is 1. The molecule has 1 N–H and O–H groups in total. The minimum absolute atomic E-state index is 0.168. The first kappa shape index (κ1) is 19.8. The van der Waals surface area contributed by atoms with Crippen molar-refractivity contribution in [1.29, 1.82) is 0 Å². The Bertz CT molecular complexity index is 1130. The number of piperidine rings is 1. The summed E-state index contributed by atoms with van der Waals surface area (Å²) in [7, 11) is -2.00. The molecule has 0 aliphatic carbocycles. The Labute approximate surface area is 173 Å². The quantitative estimate of drug-likeness (QED) is 0.669. The maximum Gasteiger partial charge on any atom is 0.243 e. The fourth-order valence-corrected chi connectivity index (χ4v) is 5.85. The van der Waals surface area contributed by atoms with E-state index < -0.39 is 15.9 Å². The number of hydrogen-bond acceptors (Lipinski definition) is 6. The first-order valence-corrected chi connectivity index (χ1v) is 11.5. The van der Waals surface area contributed by atoms with Gasteiger partial charge in [-0.05, 0) is 43.2 Å². The number of fused-ring (bicyclic) bond motifs is 1. The lowest BCUT2D eigenvalue weighted by Crippen LogP contribution is -2.43. The van der Waals surface area contributed by atoms with Crippen molar-refractivity contribution in [3.05, 3.63) is 48.5 Å². The summed E-state index contributed by atoms with van der Waals surface area (Å²) in [6.07, 6.45) is 1.28. The molecule has 29 heavy (non-hydrogen) atoms. The van der Waals surface area contributed by atoms with Crippen LogP contribution in [-0.2, 0) is 14.8 Å². The second-order valence-electron chi connectivity index (χ2n) is 6.86. The van der Waals surface area contributed by atoms with Gasteiger partial charge in [0, 0.05) is 13.1 Å². The van der Waals surface area contributed by atoms with Crippen LogP contribution in [-0.4, -0.2) is 43.8 Å². The van der Waals surface area contributed by atoms with E-state index in [2.05, 4.69) is 10.3 Å². The monoisotopic (exact) mass is 431 g/mol. The molecule has 1 atom stereocenters. The summed E-state index contributed by atoms with van der Waals surface area (Å²) < 4.78 is 33.3. The van der Waals surface area contributed by atoms with E-state index in [1.54, 1.807) is 37.4 Å². The van der Waals surface area contributed by atoms with Gasteiger partial charge >= 0.3 is 0 Å². The second-order valence-corrected chi connectivity index (χ2v) is 9.83. The minimum Gasteiger partial charge on any atom is -0.497 e. The highest BCUT2D eigenvalue weighted by Gasteiger charge is 2.33. The molecule has 1 amide bonds. The number of hydrogen-bond donors (Lipinski definition) is 1. The molecule has 0 unspecified atom stereocenters. The van der Waals surface area contributed by atoms with Crippen LogP contribution in [0.25, 0.3) is 10.2 Å². The van der Waals surface area contributed by atoms with Crippen molar-refractivity contribution in [3.63, 3.8) is 0 Å². The third-order valence-electron chi connectivity index (χ3n) is 4.96. The standard InChI is InChI=1S/C20H21N3O4S2/c1-27-15-9-10-17-18(12-15)28-20(21-17)22-19(24)14-6-5-11-23(13-14)29(25,26)16-7-3-2-4-8-16/h2-4,7-10,12,14H,5-6,11,13H2,1H3,(H,21,22,24)/t14-/m0/s1. The molecule has 2 heterocycles. The molecule has 0 spiro atoms. The highest BCUT2D eigenvalue weighted by atomic mass is 32.2. The topological polar surface area (TPSA) is 88.6 Å². The number of carbonyl (C=O) groups is 1. The molecule has 1 aliphatic rings. The molecule has 1 aromatic heterocycles. The highest BCUT2D eigenvalue weighted by molar-refractivity contribution is 7.89. The Morgan fingerprint density at radius 2 is 2.03 bits per heavy atom. The van der Waals surface area contributed by atoms with Gasteiger partial charge in [0.15, 0.2) is 5.13 Å². The fraction of sp³-hybridized carbons (Fsp3) is 0.300. The molecule has 2 aromatic carbocycles. The number of carbonyl (C=O) groups excluding carboxylic acids is 1. The average Bonchev–Trinajstić information content (AvgIpc) is 3.15.